The van der Waals surface area contributed by atoms with Gasteiger partial charge in [-0.1, -0.05) is 0 Å². The van der Waals surface area contributed by atoms with Gasteiger partial charge in [0.05, 0.1) is 31.7 Å². The second-order valence-corrected chi connectivity index (χ2v) is 5.69. The van der Waals surface area contributed by atoms with Gasteiger partial charge in [-0.15, -0.1) is 0 Å². The Morgan fingerprint density at radius 1 is 1.46 bits per heavy atom. The van der Waals surface area contributed by atoms with E-state index in [2.05, 4.69) is 15.6 Å². The lowest BCUT2D eigenvalue weighted by Crippen LogP contribution is -2.57. The minimum Gasteiger partial charge on any atom is -0.382 e. The molecule has 24 heavy (non-hydrogen) atoms. The van der Waals surface area contributed by atoms with E-state index in [1.165, 1.54) is 0 Å². The van der Waals surface area contributed by atoms with Crippen molar-refractivity contribution < 1.29 is 19.1 Å². The monoisotopic (exact) mass is 336 g/mol. The lowest BCUT2D eigenvalue weighted by Gasteiger charge is -2.42. The Labute approximate surface area is 141 Å². The minimum absolute atomic E-state index is 0.132. The summed E-state index contributed by atoms with van der Waals surface area (Å²) in [7, 11) is 4.85. The maximum Gasteiger partial charge on any atom is 0.257 e. The Hall–Kier alpha value is -2.19. The SMILES string of the molecule is CNC(=O)C[C@@]1(COC)CN(C(=O)c2cccnc2NC)CCO1. The van der Waals surface area contributed by atoms with E-state index >= 15 is 0 Å². The molecule has 2 amide bonds. The highest BCUT2D eigenvalue weighted by atomic mass is 16.5. The number of hydrogen-bond donors (Lipinski definition) is 2. The average molecular weight is 336 g/mol. The normalized spacial score (nSPS) is 20.5. The van der Waals surface area contributed by atoms with Crippen LogP contribution < -0.4 is 10.6 Å². The van der Waals surface area contributed by atoms with Gasteiger partial charge < -0.3 is 25.0 Å². The molecule has 2 heterocycles. The molecule has 0 radical (unpaired) electrons. The summed E-state index contributed by atoms with van der Waals surface area (Å²) in [5.74, 6) is 0.226. The number of carbonyl (C=O) groups is 2. The Balaban J connectivity index is 2.21. The van der Waals surface area contributed by atoms with Crippen molar-refractivity contribution >= 4 is 17.6 Å². The lowest BCUT2D eigenvalue weighted by atomic mass is 9.97. The highest BCUT2D eigenvalue weighted by Gasteiger charge is 2.40. The molecule has 1 aliphatic heterocycles. The molecule has 1 saturated heterocycles. The fourth-order valence-electron chi connectivity index (χ4n) is 2.85. The van der Waals surface area contributed by atoms with Crippen molar-refractivity contribution in [2.45, 2.75) is 12.0 Å². The zero-order chi connectivity index (χ0) is 17.6. The molecule has 0 unspecified atom stereocenters. The third-order valence-electron chi connectivity index (χ3n) is 3.98. The molecule has 0 saturated carbocycles. The van der Waals surface area contributed by atoms with Crippen molar-refractivity contribution in [2.24, 2.45) is 0 Å². The van der Waals surface area contributed by atoms with Crippen LogP contribution in [0.5, 0.6) is 0 Å². The van der Waals surface area contributed by atoms with Crippen molar-refractivity contribution in [3.63, 3.8) is 0 Å². The van der Waals surface area contributed by atoms with Crippen LogP contribution in [0.3, 0.4) is 0 Å². The van der Waals surface area contributed by atoms with E-state index in [9.17, 15) is 9.59 Å². The first-order chi connectivity index (χ1) is 11.5. The maximum atomic E-state index is 12.9. The van der Waals surface area contributed by atoms with Gasteiger partial charge in [0.15, 0.2) is 0 Å². The number of morpholine rings is 1. The lowest BCUT2D eigenvalue weighted by molar-refractivity contribution is -0.150. The van der Waals surface area contributed by atoms with Crippen LogP contribution in [0.2, 0.25) is 0 Å². The second kappa shape index (κ2) is 8.07. The molecule has 8 heteroatoms. The summed E-state index contributed by atoms with van der Waals surface area (Å²) in [6, 6.07) is 3.45. The fourth-order valence-corrected chi connectivity index (χ4v) is 2.85. The molecule has 1 aromatic heterocycles. The van der Waals surface area contributed by atoms with E-state index < -0.39 is 5.60 Å². The van der Waals surface area contributed by atoms with Gasteiger partial charge in [0.25, 0.3) is 5.91 Å². The Morgan fingerprint density at radius 3 is 2.92 bits per heavy atom. The van der Waals surface area contributed by atoms with Gasteiger partial charge in [0, 0.05) is 33.9 Å². The predicted molar refractivity (Wildman–Crippen MR) is 88.9 cm³/mol. The molecule has 2 rings (SSSR count). The topological polar surface area (TPSA) is 92.8 Å². The predicted octanol–water partition coefficient (Wildman–Crippen LogP) is 0.117. The van der Waals surface area contributed by atoms with E-state index in [1.807, 2.05) is 0 Å². The third kappa shape index (κ3) is 4.01. The highest BCUT2D eigenvalue weighted by Crippen LogP contribution is 2.25. The van der Waals surface area contributed by atoms with Gasteiger partial charge >= 0.3 is 0 Å². The van der Waals surface area contributed by atoms with Crippen molar-refractivity contribution in [2.75, 3.05) is 52.8 Å². The summed E-state index contributed by atoms with van der Waals surface area (Å²) >= 11 is 0. The summed E-state index contributed by atoms with van der Waals surface area (Å²) in [4.78, 5) is 30.6. The first kappa shape index (κ1) is 18.2. The van der Waals surface area contributed by atoms with Crippen molar-refractivity contribution in [3.8, 4) is 0 Å². The summed E-state index contributed by atoms with van der Waals surface area (Å²) < 4.78 is 11.1. The van der Waals surface area contributed by atoms with Crippen LogP contribution in [-0.2, 0) is 14.3 Å². The molecule has 1 aliphatic rings. The quantitative estimate of drug-likeness (QED) is 0.766. The van der Waals surface area contributed by atoms with E-state index in [1.54, 1.807) is 44.4 Å². The average Bonchev–Trinajstić information content (AvgIpc) is 2.61. The molecule has 1 fully saturated rings. The molecule has 0 spiro atoms. The van der Waals surface area contributed by atoms with Crippen molar-refractivity contribution in [1.29, 1.82) is 0 Å². The third-order valence-corrected chi connectivity index (χ3v) is 3.98. The molecule has 0 aromatic carbocycles. The van der Waals surface area contributed by atoms with Gasteiger partial charge in [-0.05, 0) is 12.1 Å². The van der Waals surface area contributed by atoms with Crippen LogP contribution in [0.1, 0.15) is 16.8 Å². The Bertz CT molecular complexity index is 591. The zero-order valence-electron chi connectivity index (χ0n) is 14.3. The summed E-state index contributed by atoms with van der Waals surface area (Å²) in [6.45, 7) is 1.32. The second-order valence-electron chi connectivity index (χ2n) is 5.69. The van der Waals surface area contributed by atoms with Crippen LogP contribution >= 0.6 is 0 Å². The number of rotatable bonds is 6. The van der Waals surface area contributed by atoms with Gasteiger partial charge in [0.2, 0.25) is 5.91 Å². The molecular formula is C16H24N4O4. The molecule has 0 bridgehead atoms. The molecule has 132 valence electrons. The van der Waals surface area contributed by atoms with Gasteiger partial charge in [-0.2, -0.15) is 0 Å². The number of amides is 2. The Kier molecular flexibility index (Phi) is 6.10. The first-order valence-corrected chi connectivity index (χ1v) is 7.81. The number of anilines is 1. The molecule has 1 atom stereocenters. The summed E-state index contributed by atoms with van der Waals surface area (Å²) in [5.41, 5.74) is -0.349. The number of pyridine rings is 1. The number of methoxy groups -OCH3 is 1. The number of nitrogens with zero attached hydrogens (tertiary/aromatic N) is 2. The van der Waals surface area contributed by atoms with Crippen molar-refractivity contribution in [3.05, 3.63) is 23.9 Å². The smallest absolute Gasteiger partial charge is 0.257 e. The maximum absolute atomic E-state index is 12.9. The molecule has 1 aromatic rings. The number of ether oxygens (including phenoxy) is 2. The molecule has 2 N–H and O–H groups in total. The summed E-state index contributed by atoms with van der Waals surface area (Å²) in [5, 5.41) is 5.52. The van der Waals surface area contributed by atoms with E-state index in [-0.39, 0.29) is 31.4 Å². The van der Waals surface area contributed by atoms with Gasteiger partial charge in [-0.25, -0.2) is 4.98 Å². The standard InChI is InChI=1S/C16H24N4O4/c1-17-13(21)9-16(11-23-3)10-20(7-8-24-16)15(22)12-5-4-6-19-14(12)18-2/h4-6H,7-11H2,1-3H3,(H,17,21)(H,18,19)/t16-/m0/s1. The first-order valence-electron chi connectivity index (χ1n) is 7.81. The minimum atomic E-state index is -0.842. The number of carbonyl (C=O) groups excluding carboxylic acids is 2. The zero-order valence-corrected chi connectivity index (χ0v) is 14.3. The largest absolute Gasteiger partial charge is 0.382 e. The van der Waals surface area contributed by atoms with Crippen LogP contribution in [0.4, 0.5) is 5.82 Å². The number of nitrogens with one attached hydrogen (secondary N) is 2. The molecular weight excluding hydrogens is 312 g/mol. The van der Waals surface area contributed by atoms with Crippen molar-refractivity contribution in [1.82, 2.24) is 15.2 Å². The van der Waals surface area contributed by atoms with Crippen LogP contribution in [0, 0.1) is 0 Å². The van der Waals surface area contributed by atoms with E-state index in [0.29, 0.717) is 24.5 Å². The molecule has 8 nitrogen and oxygen atoms in total. The van der Waals surface area contributed by atoms with Crippen LogP contribution in [-0.4, -0.2) is 74.8 Å². The Morgan fingerprint density at radius 2 is 2.25 bits per heavy atom. The highest BCUT2D eigenvalue weighted by molar-refractivity contribution is 5.98. The van der Waals surface area contributed by atoms with Crippen LogP contribution in [0.25, 0.3) is 0 Å². The van der Waals surface area contributed by atoms with E-state index in [0.717, 1.165) is 0 Å². The van der Waals surface area contributed by atoms with Gasteiger partial charge in [-0.3, -0.25) is 9.59 Å². The van der Waals surface area contributed by atoms with E-state index in [4.69, 9.17) is 9.47 Å². The fraction of sp³-hybridized carbons (Fsp3) is 0.562. The molecule has 0 aliphatic carbocycles. The summed E-state index contributed by atoms with van der Waals surface area (Å²) in [6.07, 6.45) is 1.76. The van der Waals surface area contributed by atoms with Crippen LogP contribution in [0.15, 0.2) is 18.3 Å². The van der Waals surface area contributed by atoms with Gasteiger partial charge in [0.1, 0.15) is 11.4 Å². The number of hydrogen-bond acceptors (Lipinski definition) is 6. The number of aromatic nitrogens is 1.